The van der Waals surface area contributed by atoms with E-state index in [0.717, 1.165) is 16.3 Å². The van der Waals surface area contributed by atoms with E-state index in [1.165, 1.54) is 0 Å². The third kappa shape index (κ3) is 4.79. The van der Waals surface area contributed by atoms with E-state index in [2.05, 4.69) is 29.4 Å². The van der Waals surface area contributed by atoms with E-state index >= 15 is 0 Å². The Morgan fingerprint density at radius 3 is 2.45 bits per heavy atom. The van der Waals surface area contributed by atoms with Crippen LogP contribution in [0.3, 0.4) is 0 Å². The van der Waals surface area contributed by atoms with E-state index in [1.54, 1.807) is 0 Å². The highest BCUT2D eigenvalue weighted by Gasteiger charge is 2.01. The lowest BCUT2D eigenvalue weighted by Gasteiger charge is -2.08. The number of aromatic nitrogens is 2. The van der Waals surface area contributed by atoms with Crippen LogP contribution in [0.2, 0.25) is 5.02 Å². The molecule has 0 aliphatic heterocycles. The summed E-state index contributed by atoms with van der Waals surface area (Å²) in [4.78, 5) is 0. The molecule has 0 aliphatic rings. The van der Waals surface area contributed by atoms with Gasteiger partial charge >= 0.3 is 0 Å². The summed E-state index contributed by atoms with van der Waals surface area (Å²) in [5.74, 6) is 0.522. The molecule has 5 heteroatoms. The number of ether oxygens (including phenoxy) is 1. The van der Waals surface area contributed by atoms with Gasteiger partial charge in [0.1, 0.15) is 6.61 Å². The molecule has 0 unspecified atom stereocenters. The standard InChI is InChI=1S/C15H18ClN3O/c1-11(2)17-9-14-7-8-15(19-18-14)20-10-12-3-5-13(16)6-4-12/h3-8,11,17H,9-10H2,1-2H3. The van der Waals surface area contributed by atoms with Crippen LogP contribution in [0, 0.1) is 0 Å². The van der Waals surface area contributed by atoms with Crippen LogP contribution >= 0.6 is 11.6 Å². The highest BCUT2D eigenvalue weighted by molar-refractivity contribution is 6.30. The van der Waals surface area contributed by atoms with Gasteiger partial charge in [-0.2, -0.15) is 5.10 Å². The van der Waals surface area contributed by atoms with Gasteiger partial charge in [0.25, 0.3) is 0 Å². The zero-order valence-corrected chi connectivity index (χ0v) is 12.4. The minimum atomic E-state index is 0.428. The van der Waals surface area contributed by atoms with Crippen LogP contribution in [0.5, 0.6) is 5.88 Å². The van der Waals surface area contributed by atoms with Crippen LogP contribution in [0.1, 0.15) is 25.1 Å². The first kappa shape index (κ1) is 14.8. The third-order valence-corrected chi connectivity index (χ3v) is 2.94. The minimum Gasteiger partial charge on any atom is -0.472 e. The maximum atomic E-state index is 5.83. The third-order valence-electron chi connectivity index (χ3n) is 2.69. The summed E-state index contributed by atoms with van der Waals surface area (Å²) in [7, 11) is 0. The molecule has 106 valence electrons. The molecule has 1 aromatic carbocycles. The van der Waals surface area contributed by atoms with Crippen molar-refractivity contribution >= 4 is 11.6 Å². The fraction of sp³-hybridized carbons (Fsp3) is 0.333. The summed E-state index contributed by atoms with van der Waals surface area (Å²) in [5.41, 5.74) is 1.94. The summed E-state index contributed by atoms with van der Waals surface area (Å²) in [6.07, 6.45) is 0. The highest BCUT2D eigenvalue weighted by atomic mass is 35.5. The van der Waals surface area contributed by atoms with E-state index in [0.29, 0.717) is 25.1 Å². The lowest BCUT2D eigenvalue weighted by molar-refractivity contribution is 0.289. The number of rotatable bonds is 6. The summed E-state index contributed by atoms with van der Waals surface area (Å²) in [6, 6.07) is 11.7. The predicted molar refractivity (Wildman–Crippen MR) is 79.8 cm³/mol. The number of hydrogen-bond acceptors (Lipinski definition) is 4. The van der Waals surface area contributed by atoms with Gasteiger partial charge in [0.2, 0.25) is 5.88 Å². The molecule has 0 saturated heterocycles. The van der Waals surface area contributed by atoms with Gasteiger partial charge in [-0.05, 0) is 23.8 Å². The van der Waals surface area contributed by atoms with Crippen molar-refractivity contribution in [3.05, 3.63) is 52.7 Å². The van der Waals surface area contributed by atoms with Crippen molar-refractivity contribution in [1.29, 1.82) is 0 Å². The molecule has 2 rings (SSSR count). The molecule has 4 nitrogen and oxygen atoms in total. The van der Waals surface area contributed by atoms with Crippen molar-refractivity contribution < 1.29 is 4.74 Å². The average Bonchev–Trinajstić information content (AvgIpc) is 2.45. The van der Waals surface area contributed by atoms with Gasteiger partial charge in [0, 0.05) is 23.7 Å². The van der Waals surface area contributed by atoms with Crippen LogP contribution in [0.15, 0.2) is 36.4 Å². The van der Waals surface area contributed by atoms with Crippen LogP contribution in [-0.2, 0) is 13.2 Å². The lowest BCUT2D eigenvalue weighted by atomic mass is 10.2. The van der Waals surface area contributed by atoms with Gasteiger partial charge in [0.05, 0.1) is 5.69 Å². The molecule has 0 aliphatic carbocycles. The molecule has 1 heterocycles. The lowest BCUT2D eigenvalue weighted by Crippen LogP contribution is -2.22. The molecule has 0 fully saturated rings. The van der Waals surface area contributed by atoms with E-state index in [9.17, 15) is 0 Å². The Morgan fingerprint density at radius 2 is 1.85 bits per heavy atom. The Labute approximate surface area is 124 Å². The van der Waals surface area contributed by atoms with Crippen LogP contribution < -0.4 is 10.1 Å². The largest absolute Gasteiger partial charge is 0.472 e. The van der Waals surface area contributed by atoms with Gasteiger partial charge in [-0.25, -0.2) is 0 Å². The molecule has 0 spiro atoms. The zero-order chi connectivity index (χ0) is 14.4. The van der Waals surface area contributed by atoms with Crippen molar-refractivity contribution in [2.24, 2.45) is 0 Å². The second kappa shape index (κ2) is 7.22. The van der Waals surface area contributed by atoms with Crippen LogP contribution in [0.25, 0.3) is 0 Å². The minimum absolute atomic E-state index is 0.428. The van der Waals surface area contributed by atoms with Crippen molar-refractivity contribution in [3.8, 4) is 5.88 Å². The molecule has 2 aromatic rings. The second-order valence-electron chi connectivity index (χ2n) is 4.81. The monoisotopic (exact) mass is 291 g/mol. The first-order chi connectivity index (χ1) is 9.63. The van der Waals surface area contributed by atoms with Crippen molar-refractivity contribution in [1.82, 2.24) is 15.5 Å². The van der Waals surface area contributed by atoms with E-state index in [-0.39, 0.29) is 0 Å². The first-order valence-corrected chi connectivity index (χ1v) is 6.94. The number of nitrogens with one attached hydrogen (secondary N) is 1. The highest BCUT2D eigenvalue weighted by Crippen LogP contribution is 2.12. The van der Waals surface area contributed by atoms with Gasteiger partial charge in [-0.3, -0.25) is 0 Å². The Kier molecular flexibility index (Phi) is 5.32. The molecule has 1 aromatic heterocycles. The zero-order valence-electron chi connectivity index (χ0n) is 11.6. The van der Waals surface area contributed by atoms with Gasteiger partial charge in [-0.15, -0.1) is 5.10 Å². The first-order valence-electron chi connectivity index (χ1n) is 6.57. The summed E-state index contributed by atoms with van der Waals surface area (Å²) < 4.78 is 5.58. The normalized spacial score (nSPS) is 10.8. The average molecular weight is 292 g/mol. The van der Waals surface area contributed by atoms with Gasteiger partial charge < -0.3 is 10.1 Å². The summed E-state index contributed by atoms with van der Waals surface area (Å²) in [6.45, 7) is 5.35. The SMILES string of the molecule is CC(C)NCc1ccc(OCc2ccc(Cl)cc2)nn1. The van der Waals surface area contributed by atoms with Crippen molar-refractivity contribution in [2.75, 3.05) is 0 Å². The molecular weight excluding hydrogens is 274 g/mol. The Bertz CT molecular complexity index is 526. The van der Waals surface area contributed by atoms with Crippen LogP contribution in [0.4, 0.5) is 0 Å². The number of benzene rings is 1. The number of hydrogen-bond donors (Lipinski definition) is 1. The Morgan fingerprint density at radius 1 is 1.10 bits per heavy atom. The quantitative estimate of drug-likeness (QED) is 0.888. The maximum absolute atomic E-state index is 5.83. The van der Waals surface area contributed by atoms with Crippen molar-refractivity contribution in [3.63, 3.8) is 0 Å². The van der Waals surface area contributed by atoms with Crippen molar-refractivity contribution in [2.45, 2.75) is 33.0 Å². The maximum Gasteiger partial charge on any atom is 0.233 e. The molecule has 0 atom stereocenters. The number of halogens is 1. The Hall–Kier alpha value is -1.65. The van der Waals surface area contributed by atoms with E-state index in [1.807, 2.05) is 36.4 Å². The van der Waals surface area contributed by atoms with Gasteiger partial charge in [0.15, 0.2) is 0 Å². The smallest absolute Gasteiger partial charge is 0.233 e. The molecule has 20 heavy (non-hydrogen) atoms. The van der Waals surface area contributed by atoms with E-state index < -0.39 is 0 Å². The summed E-state index contributed by atoms with van der Waals surface area (Å²) >= 11 is 5.83. The molecule has 0 radical (unpaired) electrons. The molecular formula is C15H18ClN3O. The predicted octanol–water partition coefficient (Wildman–Crippen LogP) is 3.21. The molecule has 0 bridgehead atoms. The van der Waals surface area contributed by atoms with E-state index in [4.69, 9.17) is 16.3 Å². The van der Waals surface area contributed by atoms with Crippen LogP contribution in [-0.4, -0.2) is 16.2 Å². The topological polar surface area (TPSA) is 47.0 Å². The fourth-order valence-corrected chi connectivity index (χ4v) is 1.69. The molecule has 1 N–H and O–H groups in total. The Balaban J connectivity index is 1.85. The summed E-state index contributed by atoms with van der Waals surface area (Å²) in [5, 5.41) is 12.2. The number of nitrogens with zero attached hydrogens (tertiary/aromatic N) is 2. The van der Waals surface area contributed by atoms with Gasteiger partial charge in [-0.1, -0.05) is 37.6 Å². The fourth-order valence-electron chi connectivity index (χ4n) is 1.57. The molecule has 0 amide bonds. The second-order valence-corrected chi connectivity index (χ2v) is 5.25. The molecule has 0 saturated carbocycles.